The summed E-state index contributed by atoms with van der Waals surface area (Å²) in [5, 5.41) is 3.61. The maximum Gasteiger partial charge on any atom is 0.0195 e. The van der Waals surface area contributed by atoms with E-state index >= 15 is 0 Å². The molecule has 0 bridgehead atoms. The van der Waals surface area contributed by atoms with Gasteiger partial charge in [0.05, 0.1) is 0 Å². The van der Waals surface area contributed by atoms with E-state index in [9.17, 15) is 0 Å². The van der Waals surface area contributed by atoms with E-state index in [2.05, 4.69) is 31.0 Å². The maximum atomic E-state index is 3.61. The summed E-state index contributed by atoms with van der Waals surface area (Å²) < 4.78 is 0. The molecular weight excluding hydrogens is 184 g/mol. The Balaban J connectivity index is 2.23. The topological polar surface area (TPSA) is 15.3 Å². The van der Waals surface area contributed by atoms with Crippen molar-refractivity contribution in [1.29, 1.82) is 0 Å². The standard InChI is InChI=1S/C13H28N2/c1-4-6-12(3)10-15-9-8-14-13(11-15)7-5-2/h12-14H,4-11H2,1-3H3. The zero-order chi connectivity index (χ0) is 11.1. The molecule has 1 heterocycles. The third-order valence-electron chi connectivity index (χ3n) is 3.33. The molecule has 0 aliphatic carbocycles. The molecule has 2 nitrogen and oxygen atoms in total. The minimum atomic E-state index is 0.748. The Morgan fingerprint density at radius 2 is 2.13 bits per heavy atom. The van der Waals surface area contributed by atoms with Gasteiger partial charge in [0, 0.05) is 32.2 Å². The minimum Gasteiger partial charge on any atom is -0.311 e. The molecule has 2 atom stereocenters. The highest BCUT2D eigenvalue weighted by atomic mass is 15.2. The molecular formula is C13H28N2. The molecule has 1 aliphatic rings. The average Bonchev–Trinajstić information content (AvgIpc) is 2.19. The molecule has 0 spiro atoms. The molecule has 0 amide bonds. The summed E-state index contributed by atoms with van der Waals surface area (Å²) in [4.78, 5) is 2.65. The number of piperazine rings is 1. The van der Waals surface area contributed by atoms with E-state index in [-0.39, 0.29) is 0 Å². The summed E-state index contributed by atoms with van der Waals surface area (Å²) in [5.74, 6) is 0.871. The molecule has 1 rings (SSSR count). The van der Waals surface area contributed by atoms with Crippen molar-refractivity contribution < 1.29 is 0 Å². The van der Waals surface area contributed by atoms with Crippen LogP contribution in [0, 0.1) is 5.92 Å². The predicted molar refractivity (Wildman–Crippen MR) is 67.2 cm³/mol. The smallest absolute Gasteiger partial charge is 0.0195 e. The van der Waals surface area contributed by atoms with Crippen LogP contribution >= 0.6 is 0 Å². The van der Waals surface area contributed by atoms with E-state index in [1.54, 1.807) is 0 Å². The highest BCUT2D eigenvalue weighted by molar-refractivity contribution is 4.78. The third-order valence-corrected chi connectivity index (χ3v) is 3.33. The van der Waals surface area contributed by atoms with Crippen molar-refractivity contribution in [3.05, 3.63) is 0 Å². The van der Waals surface area contributed by atoms with E-state index in [1.165, 1.54) is 51.9 Å². The van der Waals surface area contributed by atoms with Crippen LogP contribution in [0.3, 0.4) is 0 Å². The Labute approximate surface area is 95.4 Å². The fourth-order valence-electron chi connectivity index (χ4n) is 2.63. The average molecular weight is 212 g/mol. The molecule has 0 aromatic heterocycles. The van der Waals surface area contributed by atoms with Gasteiger partial charge in [-0.1, -0.05) is 33.6 Å². The first kappa shape index (κ1) is 13.0. The van der Waals surface area contributed by atoms with E-state index in [4.69, 9.17) is 0 Å². The van der Waals surface area contributed by atoms with Crippen LogP contribution in [0.15, 0.2) is 0 Å². The summed E-state index contributed by atoms with van der Waals surface area (Å²) in [7, 11) is 0. The van der Waals surface area contributed by atoms with Gasteiger partial charge < -0.3 is 10.2 Å². The van der Waals surface area contributed by atoms with Crippen molar-refractivity contribution in [3.8, 4) is 0 Å². The zero-order valence-corrected chi connectivity index (χ0v) is 10.8. The number of hydrogen-bond acceptors (Lipinski definition) is 2. The number of hydrogen-bond donors (Lipinski definition) is 1. The Hall–Kier alpha value is -0.0800. The monoisotopic (exact) mass is 212 g/mol. The molecule has 1 N–H and O–H groups in total. The van der Waals surface area contributed by atoms with Crippen molar-refractivity contribution in [2.75, 3.05) is 26.2 Å². The quantitative estimate of drug-likeness (QED) is 0.728. The van der Waals surface area contributed by atoms with Gasteiger partial charge in [-0.2, -0.15) is 0 Å². The Kier molecular flexibility index (Phi) is 6.26. The van der Waals surface area contributed by atoms with Crippen LogP contribution < -0.4 is 5.32 Å². The first-order valence-electron chi connectivity index (χ1n) is 6.72. The lowest BCUT2D eigenvalue weighted by Gasteiger charge is -2.35. The van der Waals surface area contributed by atoms with Gasteiger partial charge in [-0.3, -0.25) is 0 Å². The Morgan fingerprint density at radius 3 is 2.80 bits per heavy atom. The summed E-state index contributed by atoms with van der Waals surface area (Å²) >= 11 is 0. The number of nitrogens with zero attached hydrogens (tertiary/aromatic N) is 1. The van der Waals surface area contributed by atoms with Gasteiger partial charge in [0.15, 0.2) is 0 Å². The molecule has 1 saturated heterocycles. The lowest BCUT2D eigenvalue weighted by molar-refractivity contribution is 0.169. The normalized spacial score (nSPS) is 25.4. The second kappa shape index (κ2) is 7.24. The van der Waals surface area contributed by atoms with Crippen molar-refractivity contribution >= 4 is 0 Å². The lowest BCUT2D eigenvalue weighted by atomic mass is 10.0. The molecule has 0 radical (unpaired) electrons. The summed E-state index contributed by atoms with van der Waals surface area (Å²) in [6.45, 7) is 11.9. The van der Waals surface area contributed by atoms with E-state index in [1.807, 2.05) is 0 Å². The molecule has 1 fully saturated rings. The Morgan fingerprint density at radius 1 is 1.33 bits per heavy atom. The van der Waals surface area contributed by atoms with Crippen LogP contribution in [0.2, 0.25) is 0 Å². The predicted octanol–water partition coefficient (Wildman–Crippen LogP) is 2.50. The van der Waals surface area contributed by atoms with Crippen molar-refractivity contribution in [2.45, 2.75) is 52.5 Å². The second-order valence-electron chi connectivity index (χ2n) is 5.09. The van der Waals surface area contributed by atoms with Gasteiger partial charge in [0.1, 0.15) is 0 Å². The van der Waals surface area contributed by atoms with Crippen LogP contribution in [0.25, 0.3) is 0 Å². The second-order valence-corrected chi connectivity index (χ2v) is 5.09. The van der Waals surface area contributed by atoms with Crippen LogP contribution in [-0.2, 0) is 0 Å². The summed E-state index contributed by atoms with van der Waals surface area (Å²) in [5.41, 5.74) is 0. The van der Waals surface area contributed by atoms with Crippen LogP contribution in [0.5, 0.6) is 0 Å². The molecule has 2 unspecified atom stereocenters. The zero-order valence-electron chi connectivity index (χ0n) is 10.8. The van der Waals surface area contributed by atoms with Crippen LogP contribution in [0.1, 0.15) is 46.5 Å². The fraction of sp³-hybridized carbons (Fsp3) is 1.00. The third kappa shape index (κ3) is 4.98. The molecule has 90 valence electrons. The number of nitrogens with one attached hydrogen (secondary N) is 1. The Bertz CT molecular complexity index is 155. The van der Waals surface area contributed by atoms with Gasteiger partial charge >= 0.3 is 0 Å². The molecule has 0 aromatic carbocycles. The SMILES string of the molecule is CCCC(C)CN1CCNC(CCC)C1. The van der Waals surface area contributed by atoms with Crippen LogP contribution in [0.4, 0.5) is 0 Å². The highest BCUT2D eigenvalue weighted by Crippen LogP contribution is 2.11. The van der Waals surface area contributed by atoms with Gasteiger partial charge in [-0.15, -0.1) is 0 Å². The van der Waals surface area contributed by atoms with E-state index in [0.29, 0.717) is 0 Å². The van der Waals surface area contributed by atoms with Gasteiger partial charge in [-0.05, 0) is 18.8 Å². The first-order valence-corrected chi connectivity index (χ1v) is 6.72. The van der Waals surface area contributed by atoms with Gasteiger partial charge in [-0.25, -0.2) is 0 Å². The highest BCUT2D eigenvalue weighted by Gasteiger charge is 2.19. The van der Waals surface area contributed by atoms with Gasteiger partial charge in [0.2, 0.25) is 0 Å². The molecule has 0 aromatic rings. The van der Waals surface area contributed by atoms with E-state index < -0.39 is 0 Å². The van der Waals surface area contributed by atoms with Gasteiger partial charge in [0.25, 0.3) is 0 Å². The molecule has 0 saturated carbocycles. The first-order chi connectivity index (χ1) is 7.26. The lowest BCUT2D eigenvalue weighted by Crippen LogP contribution is -2.51. The van der Waals surface area contributed by atoms with E-state index in [0.717, 1.165) is 12.0 Å². The molecule has 15 heavy (non-hydrogen) atoms. The van der Waals surface area contributed by atoms with Crippen molar-refractivity contribution in [1.82, 2.24) is 10.2 Å². The van der Waals surface area contributed by atoms with Crippen molar-refractivity contribution in [2.24, 2.45) is 5.92 Å². The number of rotatable bonds is 6. The maximum absolute atomic E-state index is 3.61. The molecule has 2 heteroatoms. The molecule has 1 aliphatic heterocycles. The summed E-state index contributed by atoms with van der Waals surface area (Å²) in [6, 6.07) is 0.748. The fourth-order valence-corrected chi connectivity index (χ4v) is 2.63. The largest absolute Gasteiger partial charge is 0.311 e. The minimum absolute atomic E-state index is 0.748. The van der Waals surface area contributed by atoms with Crippen molar-refractivity contribution in [3.63, 3.8) is 0 Å². The van der Waals surface area contributed by atoms with Crippen LogP contribution in [-0.4, -0.2) is 37.1 Å². The summed E-state index contributed by atoms with van der Waals surface area (Å²) in [6.07, 6.45) is 5.34.